The molecule has 3 rings (SSSR count). The molecule has 2 aliphatic rings. The molecule has 0 radical (unpaired) electrons. The van der Waals surface area contributed by atoms with Gasteiger partial charge in [-0.05, 0) is 44.2 Å². The van der Waals surface area contributed by atoms with Gasteiger partial charge in [0, 0.05) is 6.20 Å². The Kier molecular flexibility index (Phi) is 5.73. The Morgan fingerprint density at radius 1 is 1.15 bits per heavy atom. The zero-order valence-corrected chi connectivity index (χ0v) is 16.1. The van der Waals surface area contributed by atoms with Crippen molar-refractivity contribution in [1.29, 1.82) is 0 Å². The molecule has 0 saturated carbocycles. The third kappa shape index (κ3) is 3.94. The van der Waals surface area contributed by atoms with Gasteiger partial charge >= 0.3 is 0 Å². The van der Waals surface area contributed by atoms with E-state index in [4.69, 9.17) is 0 Å². The van der Waals surface area contributed by atoms with E-state index in [1.807, 2.05) is 51.1 Å². The number of allylic oxidation sites excluding steroid dienone is 2. The summed E-state index contributed by atoms with van der Waals surface area (Å²) in [7, 11) is 0. The third-order valence-corrected chi connectivity index (χ3v) is 5.34. The van der Waals surface area contributed by atoms with Crippen molar-refractivity contribution in [2.24, 2.45) is 17.8 Å². The smallest absolute Gasteiger partial charge is 0.243 e. The number of amides is 3. The van der Waals surface area contributed by atoms with Crippen LogP contribution in [-0.4, -0.2) is 33.6 Å². The molecule has 27 heavy (non-hydrogen) atoms. The van der Waals surface area contributed by atoms with Crippen molar-refractivity contribution in [3.05, 3.63) is 42.2 Å². The van der Waals surface area contributed by atoms with Crippen LogP contribution in [0.1, 0.15) is 51.8 Å². The molecule has 1 saturated heterocycles. The molecule has 2 heterocycles. The number of aromatic nitrogens is 1. The summed E-state index contributed by atoms with van der Waals surface area (Å²) < 4.78 is 0. The standard InChI is InChI=1S/C21H27N3O3/c1-13(2)12-18(19(25)23-14(3)17-10-6-7-11-22-17)24-20(26)15-8-4-5-9-16(15)21(24)27/h4-7,10-11,13-16,18H,8-9,12H2,1-3H3,(H,23,25). The first-order valence-corrected chi connectivity index (χ1v) is 9.63. The van der Waals surface area contributed by atoms with E-state index >= 15 is 0 Å². The molecule has 4 atom stereocenters. The molecule has 6 heteroatoms. The minimum atomic E-state index is -0.776. The van der Waals surface area contributed by atoms with E-state index in [-0.39, 0.29) is 41.5 Å². The number of carbonyl (C=O) groups excluding carboxylic acids is 3. The van der Waals surface area contributed by atoms with E-state index in [0.29, 0.717) is 19.3 Å². The molecule has 1 aromatic rings. The number of hydrogen-bond acceptors (Lipinski definition) is 4. The number of nitrogens with one attached hydrogen (secondary N) is 1. The number of carbonyl (C=O) groups is 3. The normalized spacial score (nSPS) is 24.1. The number of imide groups is 1. The lowest BCUT2D eigenvalue weighted by Crippen LogP contribution is -2.51. The molecule has 0 bridgehead atoms. The Morgan fingerprint density at radius 3 is 2.30 bits per heavy atom. The average Bonchev–Trinajstić information content (AvgIpc) is 2.91. The van der Waals surface area contributed by atoms with Crippen LogP contribution in [-0.2, 0) is 14.4 Å². The molecule has 0 spiro atoms. The zero-order chi connectivity index (χ0) is 19.6. The highest BCUT2D eigenvalue weighted by atomic mass is 16.2. The maximum absolute atomic E-state index is 13.0. The quantitative estimate of drug-likeness (QED) is 0.617. The second kappa shape index (κ2) is 8.03. The van der Waals surface area contributed by atoms with Crippen molar-refractivity contribution >= 4 is 17.7 Å². The van der Waals surface area contributed by atoms with Crippen molar-refractivity contribution < 1.29 is 14.4 Å². The van der Waals surface area contributed by atoms with Crippen LogP contribution in [0, 0.1) is 17.8 Å². The predicted octanol–water partition coefficient (Wildman–Crippen LogP) is 2.62. The average molecular weight is 369 g/mol. The lowest BCUT2D eigenvalue weighted by atomic mass is 9.85. The molecular formula is C21H27N3O3. The lowest BCUT2D eigenvalue weighted by Gasteiger charge is -2.28. The molecule has 1 aliphatic carbocycles. The van der Waals surface area contributed by atoms with Gasteiger partial charge in [0.25, 0.3) is 0 Å². The first-order chi connectivity index (χ1) is 12.9. The summed E-state index contributed by atoms with van der Waals surface area (Å²) >= 11 is 0. The van der Waals surface area contributed by atoms with Crippen LogP contribution < -0.4 is 5.32 Å². The summed E-state index contributed by atoms with van der Waals surface area (Å²) in [4.78, 5) is 44.4. The molecule has 6 nitrogen and oxygen atoms in total. The summed E-state index contributed by atoms with van der Waals surface area (Å²) in [6.45, 7) is 5.83. The summed E-state index contributed by atoms with van der Waals surface area (Å²) in [5.74, 6) is -1.18. The third-order valence-electron chi connectivity index (χ3n) is 5.34. The van der Waals surface area contributed by atoms with E-state index in [2.05, 4.69) is 10.3 Å². The van der Waals surface area contributed by atoms with E-state index in [1.165, 1.54) is 4.90 Å². The first-order valence-electron chi connectivity index (χ1n) is 9.63. The summed E-state index contributed by atoms with van der Waals surface area (Å²) in [6, 6.07) is 4.44. The van der Waals surface area contributed by atoms with E-state index in [9.17, 15) is 14.4 Å². The molecule has 3 amide bonds. The van der Waals surface area contributed by atoms with Gasteiger partial charge in [0.1, 0.15) is 6.04 Å². The van der Waals surface area contributed by atoms with Crippen LogP contribution in [0.4, 0.5) is 0 Å². The molecule has 0 aromatic carbocycles. The van der Waals surface area contributed by atoms with Crippen molar-refractivity contribution in [2.45, 2.75) is 52.1 Å². The molecule has 1 fully saturated rings. The van der Waals surface area contributed by atoms with Crippen LogP contribution >= 0.6 is 0 Å². The molecule has 144 valence electrons. The fourth-order valence-corrected chi connectivity index (χ4v) is 3.92. The van der Waals surface area contributed by atoms with E-state index in [1.54, 1.807) is 6.20 Å². The Balaban J connectivity index is 1.80. The molecule has 1 aliphatic heterocycles. The van der Waals surface area contributed by atoms with Crippen molar-refractivity contribution in [2.75, 3.05) is 0 Å². The number of pyridine rings is 1. The summed E-state index contributed by atoms with van der Waals surface area (Å²) in [5.41, 5.74) is 0.742. The largest absolute Gasteiger partial charge is 0.346 e. The Hall–Kier alpha value is -2.50. The first kappa shape index (κ1) is 19.3. The highest BCUT2D eigenvalue weighted by Crippen LogP contribution is 2.37. The van der Waals surface area contributed by atoms with Gasteiger partial charge in [0.05, 0.1) is 23.6 Å². The van der Waals surface area contributed by atoms with Crippen LogP contribution in [0.2, 0.25) is 0 Å². The molecule has 1 aromatic heterocycles. The summed E-state index contributed by atoms with van der Waals surface area (Å²) in [6.07, 6.45) is 7.19. The Morgan fingerprint density at radius 2 is 1.78 bits per heavy atom. The van der Waals surface area contributed by atoms with E-state index < -0.39 is 6.04 Å². The van der Waals surface area contributed by atoms with Gasteiger partial charge < -0.3 is 5.32 Å². The maximum Gasteiger partial charge on any atom is 0.243 e. The van der Waals surface area contributed by atoms with Gasteiger partial charge in [-0.15, -0.1) is 0 Å². The second-order valence-electron chi connectivity index (χ2n) is 7.83. The number of nitrogens with zero attached hydrogens (tertiary/aromatic N) is 2. The van der Waals surface area contributed by atoms with Gasteiger partial charge in [-0.25, -0.2) is 0 Å². The van der Waals surface area contributed by atoms with Gasteiger partial charge in [0.2, 0.25) is 17.7 Å². The molecular weight excluding hydrogens is 342 g/mol. The van der Waals surface area contributed by atoms with Crippen LogP contribution in [0.25, 0.3) is 0 Å². The predicted molar refractivity (Wildman–Crippen MR) is 101 cm³/mol. The number of fused-ring (bicyclic) bond motifs is 1. The van der Waals surface area contributed by atoms with Crippen LogP contribution in [0.5, 0.6) is 0 Å². The number of likely N-dealkylation sites (tertiary alicyclic amines) is 1. The SMILES string of the molecule is CC(C)CC(C(=O)NC(C)c1ccccn1)N1C(=O)C2CC=CCC2C1=O. The van der Waals surface area contributed by atoms with Gasteiger partial charge in [-0.1, -0.05) is 32.1 Å². The van der Waals surface area contributed by atoms with E-state index in [0.717, 1.165) is 5.69 Å². The topological polar surface area (TPSA) is 79.4 Å². The number of rotatable bonds is 6. The maximum atomic E-state index is 13.0. The molecule has 1 N–H and O–H groups in total. The number of hydrogen-bond donors (Lipinski definition) is 1. The molecule has 4 unspecified atom stereocenters. The van der Waals surface area contributed by atoms with Gasteiger partial charge in [-0.2, -0.15) is 0 Å². The highest BCUT2D eigenvalue weighted by molar-refractivity contribution is 6.08. The van der Waals surface area contributed by atoms with Crippen LogP contribution in [0.15, 0.2) is 36.5 Å². The summed E-state index contributed by atoms with van der Waals surface area (Å²) in [5, 5.41) is 2.94. The van der Waals surface area contributed by atoms with Crippen molar-refractivity contribution in [3.8, 4) is 0 Å². The van der Waals surface area contributed by atoms with Gasteiger partial charge in [-0.3, -0.25) is 24.3 Å². The minimum absolute atomic E-state index is 0.173. The Labute approximate surface area is 160 Å². The fourth-order valence-electron chi connectivity index (χ4n) is 3.92. The minimum Gasteiger partial charge on any atom is -0.346 e. The highest BCUT2D eigenvalue weighted by Gasteiger charge is 2.51. The monoisotopic (exact) mass is 369 g/mol. The Bertz CT molecular complexity index is 718. The zero-order valence-electron chi connectivity index (χ0n) is 16.1. The second-order valence-corrected chi connectivity index (χ2v) is 7.83. The van der Waals surface area contributed by atoms with Crippen molar-refractivity contribution in [3.63, 3.8) is 0 Å². The van der Waals surface area contributed by atoms with Gasteiger partial charge in [0.15, 0.2) is 0 Å². The fraction of sp³-hybridized carbons (Fsp3) is 0.524. The van der Waals surface area contributed by atoms with Crippen molar-refractivity contribution in [1.82, 2.24) is 15.2 Å². The van der Waals surface area contributed by atoms with Crippen LogP contribution in [0.3, 0.4) is 0 Å². The lowest BCUT2D eigenvalue weighted by molar-refractivity contribution is -0.148.